The van der Waals surface area contributed by atoms with Gasteiger partial charge in [-0.15, -0.1) is 5.10 Å². The molecule has 0 amide bonds. The SMILES string of the molecule is COc1ccc(CCC2Cc3cc(OCc4cn(CC(=O)c5ccc6ccccc6c5)nn4)cc(O)c3C(=O)O2)cc1. The van der Waals surface area contributed by atoms with Gasteiger partial charge in [-0.2, -0.15) is 0 Å². The van der Waals surface area contributed by atoms with Crippen LogP contribution in [0.4, 0.5) is 0 Å². The maximum Gasteiger partial charge on any atom is 0.342 e. The summed E-state index contributed by atoms with van der Waals surface area (Å²) in [7, 11) is 1.63. The average molecular weight is 564 g/mol. The Bertz CT molecular complexity index is 1760. The summed E-state index contributed by atoms with van der Waals surface area (Å²) >= 11 is 0. The Morgan fingerprint density at radius 2 is 1.83 bits per heavy atom. The molecule has 9 heteroatoms. The van der Waals surface area contributed by atoms with Gasteiger partial charge >= 0.3 is 5.97 Å². The zero-order chi connectivity index (χ0) is 29.1. The molecule has 0 saturated carbocycles. The van der Waals surface area contributed by atoms with Gasteiger partial charge in [-0.25, -0.2) is 9.48 Å². The van der Waals surface area contributed by atoms with Crippen molar-refractivity contribution in [1.82, 2.24) is 15.0 Å². The first-order chi connectivity index (χ1) is 20.4. The van der Waals surface area contributed by atoms with E-state index in [0.717, 1.165) is 28.5 Å². The van der Waals surface area contributed by atoms with Crippen molar-refractivity contribution >= 4 is 22.5 Å². The molecule has 0 saturated heterocycles. The molecule has 1 aromatic heterocycles. The second kappa shape index (κ2) is 11.7. The number of rotatable bonds is 10. The lowest BCUT2D eigenvalue weighted by Crippen LogP contribution is -2.28. The van der Waals surface area contributed by atoms with Crippen LogP contribution in [0.15, 0.2) is 85.1 Å². The van der Waals surface area contributed by atoms with Crippen LogP contribution in [-0.4, -0.2) is 45.1 Å². The van der Waals surface area contributed by atoms with Crippen LogP contribution in [0, 0.1) is 0 Å². The molecular weight excluding hydrogens is 534 g/mol. The number of carbonyl (C=O) groups is 2. The normalized spacial score (nSPS) is 14.3. The van der Waals surface area contributed by atoms with E-state index < -0.39 is 5.97 Å². The van der Waals surface area contributed by atoms with Crippen molar-refractivity contribution in [2.75, 3.05) is 7.11 Å². The van der Waals surface area contributed by atoms with E-state index in [-0.39, 0.29) is 36.4 Å². The van der Waals surface area contributed by atoms with Crippen LogP contribution in [0.5, 0.6) is 17.2 Å². The van der Waals surface area contributed by atoms with Gasteiger partial charge in [0.25, 0.3) is 0 Å². The van der Waals surface area contributed by atoms with Crippen molar-refractivity contribution in [3.63, 3.8) is 0 Å². The Morgan fingerprint density at radius 3 is 2.64 bits per heavy atom. The van der Waals surface area contributed by atoms with Gasteiger partial charge in [0, 0.05) is 18.1 Å². The first kappa shape index (κ1) is 27.0. The average Bonchev–Trinajstić information content (AvgIpc) is 3.45. The molecule has 0 spiro atoms. The van der Waals surface area contributed by atoms with Crippen LogP contribution >= 0.6 is 0 Å². The van der Waals surface area contributed by atoms with E-state index in [0.29, 0.717) is 35.4 Å². The molecule has 6 rings (SSSR count). The van der Waals surface area contributed by atoms with Gasteiger partial charge in [-0.1, -0.05) is 53.7 Å². The molecule has 1 atom stereocenters. The fourth-order valence-electron chi connectivity index (χ4n) is 5.16. The molecule has 1 unspecified atom stereocenters. The number of hydrogen-bond donors (Lipinski definition) is 1. The van der Waals surface area contributed by atoms with Crippen molar-refractivity contribution in [1.29, 1.82) is 0 Å². The fourth-order valence-corrected chi connectivity index (χ4v) is 5.16. The number of aromatic hydroxyl groups is 1. The van der Waals surface area contributed by atoms with Crippen LogP contribution in [-0.2, 0) is 30.7 Å². The highest BCUT2D eigenvalue weighted by molar-refractivity contribution is 5.99. The third-order valence-corrected chi connectivity index (χ3v) is 7.36. The van der Waals surface area contributed by atoms with Gasteiger partial charge in [-0.3, -0.25) is 4.79 Å². The molecule has 0 radical (unpaired) electrons. The molecule has 42 heavy (non-hydrogen) atoms. The van der Waals surface area contributed by atoms with E-state index in [4.69, 9.17) is 14.2 Å². The van der Waals surface area contributed by atoms with Crippen molar-refractivity contribution < 1.29 is 28.9 Å². The summed E-state index contributed by atoms with van der Waals surface area (Å²) in [5, 5.41) is 20.8. The molecule has 9 nitrogen and oxygen atoms in total. The van der Waals surface area contributed by atoms with Crippen molar-refractivity contribution in [3.05, 3.63) is 113 Å². The summed E-state index contributed by atoms with van der Waals surface area (Å²) in [5.41, 5.74) is 3.08. The predicted octanol–water partition coefficient (Wildman–Crippen LogP) is 5.32. The molecule has 1 N–H and O–H groups in total. The quantitative estimate of drug-likeness (QED) is 0.179. The van der Waals surface area contributed by atoms with Gasteiger partial charge in [0.2, 0.25) is 0 Å². The van der Waals surface area contributed by atoms with E-state index >= 15 is 0 Å². The van der Waals surface area contributed by atoms with Gasteiger partial charge in [0.15, 0.2) is 5.78 Å². The van der Waals surface area contributed by atoms with Crippen molar-refractivity contribution in [2.45, 2.75) is 38.5 Å². The lowest BCUT2D eigenvalue weighted by Gasteiger charge is -2.25. The topological polar surface area (TPSA) is 113 Å². The van der Waals surface area contributed by atoms with E-state index in [2.05, 4.69) is 10.3 Å². The van der Waals surface area contributed by atoms with E-state index in [9.17, 15) is 14.7 Å². The largest absolute Gasteiger partial charge is 0.507 e. The summed E-state index contributed by atoms with van der Waals surface area (Å²) in [6.45, 7) is 0.124. The Balaban J connectivity index is 1.07. The van der Waals surface area contributed by atoms with Gasteiger partial charge in [-0.05, 0) is 59.0 Å². The van der Waals surface area contributed by atoms with Crippen molar-refractivity contribution in [3.8, 4) is 17.2 Å². The number of carbonyl (C=O) groups excluding carboxylic acids is 2. The van der Waals surface area contributed by atoms with Gasteiger partial charge in [0.05, 0.1) is 13.3 Å². The predicted molar refractivity (Wildman–Crippen MR) is 155 cm³/mol. The highest BCUT2D eigenvalue weighted by Crippen LogP contribution is 2.34. The Hall–Kier alpha value is -5.18. The Labute approximate surface area is 242 Å². The second-order valence-corrected chi connectivity index (χ2v) is 10.3. The van der Waals surface area contributed by atoms with Crippen molar-refractivity contribution in [2.24, 2.45) is 0 Å². The fraction of sp³-hybridized carbons (Fsp3) is 0.212. The third-order valence-electron chi connectivity index (χ3n) is 7.36. The number of cyclic esters (lactones) is 1. The molecule has 0 aliphatic carbocycles. The number of benzene rings is 4. The molecule has 0 fully saturated rings. The first-order valence-corrected chi connectivity index (χ1v) is 13.7. The Morgan fingerprint density at radius 1 is 1.02 bits per heavy atom. The molecule has 4 aromatic carbocycles. The molecule has 1 aliphatic rings. The molecule has 0 bridgehead atoms. The maximum absolute atomic E-state index is 12.8. The van der Waals surface area contributed by atoms with Crippen LogP contribution in [0.25, 0.3) is 10.8 Å². The minimum absolute atomic E-state index is 0.0466. The molecular formula is C33H29N3O6. The highest BCUT2D eigenvalue weighted by atomic mass is 16.5. The molecule has 2 heterocycles. The van der Waals surface area contributed by atoms with E-state index in [1.54, 1.807) is 19.4 Å². The minimum atomic E-state index is -0.543. The lowest BCUT2D eigenvalue weighted by atomic mass is 9.94. The summed E-state index contributed by atoms with van der Waals surface area (Å²) < 4.78 is 18.2. The number of fused-ring (bicyclic) bond motifs is 2. The van der Waals surface area contributed by atoms with Gasteiger partial charge in [0.1, 0.15) is 47.8 Å². The zero-order valence-corrected chi connectivity index (χ0v) is 23.0. The number of esters is 1. The van der Waals surface area contributed by atoms with Crippen LogP contribution in [0.1, 0.15) is 44.0 Å². The standard InChI is InChI=1S/C33H29N3O6/c1-40-27-11-6-21(7-12-27)8-13-28-15-25-16-29(17-30(37)32(25)33(39)42-28)41-20-26-18-36(35-34-26)19-31(38)24-10-9-22-4-2-3-5-23(22)14-24/h2-7,9-12,14,16-18,28,37H,8,13,15,19-20H2,1H3. The number of nitrogens with zero attached hydrogens (tertiary/aromatic N) is 3. The van der Waals surface area contributed by atoms with Crippen LogP contribution < -0.4 is 9.47 Å². The number of phenols is 1. The van der Waals surface area contributed by atoms with Crippen LogP contribution in [0.2, 0.25) is 0 Å². The Kier molecular flexibility index (Phi) is 7.55. The lowest BCUT2D eigenvalue weighted by molar-refractivity contribution is 0.0234. The number of aryl methyl sites for hydroxylation is 1. The molecule has 212 valence electrons. The van der Waals surface area contributed by atoms with Crippen LogP contribution in [0.3, 0.4) is 0 Å². The van der Waals surface area contributed by atoms with E-state index in [1.165, 1.54) is 10.7 Å². The maximum atomic E-state index is 12.8. The second-order valence-electron chi connectivity index (χ2n) is 10.3. The third kappa shape index (κ3) is 5.95. The summed E-state index contributed by atoms with van der Waals surface area (Å²) in [6, 6.07) is 24.4. The first-order valence-electron chi connectivity index (χ1n) is 13.7. The monoisotopic (exact) mass is 563 g/mol. The summed E-state index contributed by atoms with van der Waals surface area (Å²) in [4.78, 5) is 25.5. The number of methoxy groups -OCH3 is 1. The summed E-state index contributed by atoms with van der Waals surface area (Å²) in [5.74, 6) is 0.379. The van der Waals surface area contributed by atoms with E-state index in [1.807, 2.05) is 66.7 Å². The number of aromatic nitrogens is 3. The molecule has 5 aromatic rings. The molecule has 1 aliphatic heterocycles. The number of ketones is 1. The highest BCUT2D eigenvalue weighted by Gasteiger charge is 2.30. The van der Waals surface area contributed by atoms with Gasteiger partial charge < -0.3 is 19.3 Å². The number of hydrogen-bond acceptors (Lipinski definition) is 8. The number of phenolic OH excluding ortho intramolecular Hbond substituents is 1. The summed E-state index contributed by atoms with van der Waals surface area (Å²) in [6.07, 6.45) is 3.18. The zero-order valence-electron chi connectivity index (χ0n) is 23.0. The smallest absolute Gasteiger partial charge is 0.342 e. The minimum Gasteiger partial charge on any atom is -0.507 e. The number of Topliss-reactive ketones (excluding diaryl/α,β-unsaturated/α-hetero) is 1. The number of ether oxygens (including phenoxy) is 3.